The number of benzene rings is 2. The first-order valence-electron chi connectivity index (χ1n) is 10.4. The topological polar surface area (TPSA) is 123 Å². The van der Waals surface area contributed by atoms with E-state index in [1.807, 2.05) is 36.4 Å². The summed E-state index contributed by atoms with van der Waals surface area (Å²) in [7, 11) is -3.60. The van der Waals surface area contributed by atoms with E-state index < -0.39 is 10.0 Å². The number of hydrogen-bond acceptors (Lipinski definition) is 8. The molecule has 168 valence electrons. The third-order valence-electron chi connectivity index (χ3n) is 5.17. The molecular formula is C22H26N6O3S. The van der Waals surface area contributed by atoms with Crippen LogP contribution in [-0.2, 0) is 27.1 Å². The van der Waals surface area contributed by atoms with Crippen LogP contribution in [0.4, 0.5) is 17.6 Å². The van der Waals surface area contributed by atoms with E-state index in [2.05, 4.69) is 25.2 Å². The number of rotatable bonds is 9. The second-order valence-corrected chi connectivity index (χ2v) is 9.35. The molecule has 4 rings (SSSR count). The SMILES string of the molecule is NS(=O)(=O)Cc1cccc(Nc2ncnc(N3CCCC3COCc3ccccc3)n2)c1. The number of nitrogens with two attached hydrogens (primary N) is 1. The van der Waals surface area contributed by atoms with Crippen LogP contribution in [-0.4, -0.2) is 42.6 Å². The Kier molecular flexibility index (Phi) is 6.93. The van der Waals surface area contributed by atoms with Crippen LogP contribution in [0.15, 0.2) is 60.9 Å². The molecule has 9 nitrogen and oxygen atoms in total. The summed E-state index contributed by atoms with van der Waals surface area (Å²) in [6.07, 6.45) is 3.53. The van der Waals surface area contributed by atoms with Gasteiger partial charge in [0.2, 0.25) is 21.9 Å². The molecule has 1 unspecified atom stereocenters. The summed E-state index contributed by atoms with van der Waals surface area (Å²) in [5, 5.41) is 8.26. The van der Waals surface area contributed by atoms with Gasteiger partial charge in [-0.25, -0.2) is 23.5 Å². The second kappa shape index (κ2) is 10.0. The maximum Gasteiger partial charge on any atom is 0.231 e. The van der Waals surface area contributed by atoms with Crippen LogP contribution < -0.4 is 15.4 Å². The lowest BCUT2D eigenvalue weighted by Gasteiger charge is -2.24. The van der Waals surface area contributed by atoms with Crippen LogP contribution >= 0.6 is 0 Å². The van der Waals surface area contributed by atoms with Crippen LogP contribution in [0, 0.1) is 0 Å². The van der Waals surface area contributed by atoms with Crippen molar-refractivity contribution in [3.05, 3.63) is 72.1 Å². The first kappa shape index (κ1) is 22.1. The third kappa shape index (κ3) is 6.22. The lowest BCUT2D eigenvalue weighted by Crippen LogP contribution is -2.34. The summed E-state index contributed by atoms with van der Waals surface area (Å²) in [6.45, 7) is 2.02. The summed E-state index contributed by atoms with van der Waals surface area (Å²) in [6, 6.07) is 17.3. The van der Waals surface area contributed by atoms with Crippen molar-refractivity contribution in [1.29, 1.82) is 0 Å². The molecule has 1 aliphatic heterocycles. The fourth-order valence-electron chi connectivity index (χ4n) is 3.75. The molecule has 1 aromatic heterocycles. The molecule has 2 heterocycles. The molecule has 3 N–H and O–H groups in total. The predicted molar refractivity (Wildman–Crippen MR) is 123 cm³/mol. The van der Waals surface area contributed by atoms with Crippen LogP contribution in [0.3, 0.4) is 0 Å². The van der Waals surface area contributed by atoms with E-state index in [4.69, 9.17) is 9.88 Å². The van der Waals surface area contributed by atoms with Crippen molar-refractivity contribution in [2.75, 3.05) is 23.4 Å². The summed E-state index contributed by atoms with van der Waals surface area (Å²) in [5.41, 5.74) is 2.41. The van der Waals surface area contributed by atoms with E-state index in [1.54, 1.807) is 18.2 Å². The smallest absolute Gasteiger partial charge is 0.231 e. The average molecular weight is 455 g/mol. The van der Waals surface area contributed by atoms with Gasteiger partial charge in [-0.1, -0.05) is 42.5 Å². The Balaban J connectivity index is 1.40. The van der Waals surface area contributed by atoms with Gasteiger partial charge in [0, 0.05) is 12.2 Å². The summed E-state index contributed by atoms with van der Waals surface area (Å²) >= 11 is 0. The van der Waals surface area contributed by atoms with Gasteiger partial charge >= 0.3 is 0 Å². The minimum atomic E-state index is -3.60. The molecule has 1 atom stereocenters. The average Bonchev–Trinajstić information content (AvgIpc) is 3.22. The highest BCUT2D eigenvalue weighted by molar-refractivity contribution is 7.88. The Morgan fingerprint density at radius 1 is 1.09 bits per heavy atom. The Bertz CT molecular complexity index is 1140. The molecule has 1 fully saturated rings. The number of ether oxygens (including phenoxy) is 1. The van der Waals surface area contributed by atoms with Crippen LogP contribution in [0.1, 0.15) is 24.0 Å². The minimum Gasteiger partial charge on any atom is -0.375 e. The third-order valence-corrected chi connectivity index (χ3v) is 5.90. The largest absolute Gasteiger partial charge is 0.375 e. The van der Waals surface area contributed by atoms with E-state index >= 15 is 0 Å². The number of hydrogen-bond donors (Lipinski definition) is 2. The molecule has 0 spiro atoms. The lowest BCUT2D eigenvalue weighted by atomic mass is 10.2. The molecule has 10 heteroatoms. The van der Waals surface area contributed by atoms with Crippen molar-refractivity contribution < 1.29 is 13.2 Å². The molecule has 1 aliphatic rings. The van der Waals surface area contributed by atoms with Gasteiger partial charge in [-0.05, 0) is 36.1 Å². The standard InChI is InChI=1S/C22H26N6O3S/c23-32(29,30)15-18-8-4-9-19(12-18)26-21-24-16-25-22(27-21)28-11-5-10-20(28)14-31-13-17-6-2-1-3-7-17/h1-4,6-9,12,16,20H,5,10-11,13-15H2,(H2,23,29,30)(H,24,25,26,27). The van der Waals surface area contributed by atoms with Crippen molar-refractivity contribution in [3.63, 3.8) is 0 Å². The summed E-state index contributed by atoms with van der Waals surface area (Å²) < 4.78 is 28.7. The molecule has 3 aromatic rings. The van der Waals surface area contributed by atoms with E-state index in [1.165, 1.54) is 6.33 Å². The Morgan fingerprint density at radius 3 is 2.72 bits per heavy atom. The molecule has 0 aliphatic carbocycles. The van der Waals surface area contributed by atoms with Gasteiger partial charge in [-0.15, -0.1) is 0 Å². The van der Waals surface area contributed by atoms with Crippen molar-refractivity contribution in [1.82, 2.24) is 15.0 Å². The van der Waals surface area contributed by atoms with Crippen molar-refractivity contribution in [2.24, 2.45) is 5.14 Å². The van der Waals surface area contributed by atoms with Gasteiger partial charge in [-0.3, -0.25) is 0 Å². The maximum atomic E-state index is 11.4. The van der Waals surface area contributed by atoms with Crippen molar-refractivity contribution in [3.8, 4) is 0 Å². The number of sulfonamides is 1. The van der Waals surface area contributed by atoms with Crippen LogP contribution in [0.25, 0.3) is 0 Å². The Morgan fingerprint density at radius 2 is 1.91 bits per heavy atom. The minimum absolute atomic E-state index is 0.201. The van der Waals surface area contributed by atoms with Gasteiger partial charge in [0.1, 0.15) is 6.33 Å². The van der Waals surface area contributed by atoms with Gasteiger partial charge < -0.3 is 15.0 Å². The molecular weight excluding hydrogens is 428 g/mol. The first-order chi connectivity index (χ1) is 15.5. The van der Waals surface area contributed by atoms with Crippen molar-refractivity contribution >= 4 is 27.6 Å². The molecule has 2 aromatic carbocycles. The van der Waals surface area contributed by atoms with Gasteiger partial charge in [0.05, 0.1) is 25.0 Å². The maximum absolute atomic E-state index is 11.4. The number of anilines is 3. The van der Waals surface area contributed by atoms with Crippen LogP contribution in [0.5, 0.6) is 0 Å². The highest BCUT2D eigenvalue weighted by Crippen LogP contribution is 2.24. The first-order valence-corrected chi connectivity index (χ1v) is 12.1. The number of nitrogens with zero attached hydrogens (tertiary/aromatic N) is 4. The number of nitrogens with one attached hydrogen (secondary N) is 1. The fourth-order valence-corrected chi connectivity index (χ4v) is 4.39. The normalized spacial score (nSPS) is 16.3. The molecule has 0 radical (unpaired) electrons. The van der Waals surface area contributed by atoms with E-state index in [0.29, 0.717) is 36.4 Å². The van der Waals surface area contributed by atoms with E-state index in [9.17, 15) is 8.42 Å². The Labute approximate surface area is 187 Å². The summed E-state index contributed by atoms with van der Waals surface area (Å²) in [4.78, 5) is 15.3. The summed E-state index contributed by atoms with van der Waals surface area (Å²) in [5.74, 6) is 0.747. The molecule has 0 saturated carbocycles. The lowest BCUT2D eigenvalue weighted by molar-refractivity contribution is 0.108. The predicted octanol–water partition coefficient (Wildman–Crippen LogP) is 2.59. The monoisotopic (exact) mass is 454 g/mol. The van der Waals surface area contributed by atoms with E-state index in [-0.39, 0.29) is 11.8 Å². The molecule has 0 bridgehead atoms. The van der Waals surface area contributed by atoms with E-state index in [0.717, 1.165) is 24.9 Å². The molecule has 32 heavy (non-hydrogen) atoms. The van der Waals surface area contributed by atoms with Crippen LogP contribution in [0.2, 0.25) is 0 Å². The number of primary sulfonamides is 1. The fraction of sp³-hybridized carbons (Fsp3) is 0.318. The molecule has 0 amide bonds. The van der Waals surface area contributed by atoms with Crippen molar-refractivity contribution in [2.45, 2.75) is 31.2 Å². The Hall–Kier alpha value is -3.08. The zero-order chi connectivity index (χ0) is 22.4. The highest BCUT2D eigenvalue weighted by Gasteiger charge is 2.27. The zero-order valence-electron chi connectivity index (χ0n) is 17.6. The van der Waals surface area contributed by atoms with Gasteiger partial charge in [0.25, 0.3) is 0 Å². The molecule has 1 saturated heterocycles. The highest BCUT2D eigenvalue weighted by atomic mass is 32.2. The van der Waals surface area contributed by atoms with Gasteiger partial charge in [-0.2, -0.15) is 4.98 Å². The second-order valence-electron chi connectivity index (χ2n) is 7.73. The van der Waals surface area contributed by atoms with Gasteiger partial charge in [0.15, 0.2) is 0 Å². The number of aromatic nitrogens is 3. The quantitative estimate of drug-likeness (QED) is 0.506. The zero-order valence-corrected chi connectivity index (χ0v) is 18.4.